The molecular weight excluding hydrogens is 676 g/mol. The molecule has 258 valence electrons. The molecule has 12 heteroatoms. The SMILES string of the molecule is Oc1ccc2[nH]cc(C(c3c(F)c(F)c(C(c4c[nH]c5ccc(O)cc45)c4c[nH]c5ccc(O)cc45)c(F)c3F)c3c[nH]c4ccc(O)cc34)c2c1. The molecule has 0 fully saturated rings. The number of fused-ring (bicyclic) bond motifs is 4. The Morgan fingerprint density at radius 3 is 0.827 bits per heavy atom. The van der Waals surface area contributed by atoms with Crippen molar-refractivity contribution in [3.63, 3.8) is 0 Å². The first kappa shape index (κ1) is 31.2. The molecule has 0 aliphatic carbocycles. The van der Waals surface area contributed by atoms with Crippen LogP contribution in [0.1, 0.15) is 45.2 Å². The summed E-state index contributed by atoms with van der Waals surface area (Å²) in [5.74, 6) is -10.2. The number of hydrogen-bond donors (Lipinski definition) is 8. The lowest BCUT2D eigenvalue weighted by molar-refractivity contribution is 0.422. The van der Waals surface area contributed by atoms with Gasteiger partial charge in [0.05, 0.1) is 0 Å². The number of aromatic nitrogens is 4. The Hall–Kier alpha value is -6.82. The van der Waals surface area contributed by atoms with Gasteiger partial charge in [0.2, 0.25) is 0 Å². The number of hydrogen-bond acceptors (Lipinski definition) is 4. The van der Waals surface area contributed by atoms with Crippen molar-refractivity contribution in [2.75, 3.05) is 0 Å². The Labute approximate surface area is 290 Å². The summed E-state index contributed by atoms with van der Waals surface area (Å²) < 4.78 is 68.4. The quantitative estimate of drug-likeness (QED) is 0.0645. The zero-order valence-electron chi connectivity index (χ0n) is 26.7. The van der Waals surface area contributed by atoms with E-state index in [4.69, 9.17) is 0 Å². The van der Waals surface area contributed by atoms with Gasteiger partial charge >= 0.3 is 0 Å². The lowest BCUT2D eigenvalue weighted by Crippen LogP contribution is -2.17. The van der Waals surface area contributed by atoms with E-state index in [1.807, 2.05) is 0 Å². The number of rotatable bonds is 6. The standard InChI is InChI=1S/C40H26F4N4O4/c41-37-35(33(25-13-45-29-5-1-17(49)9-21(25)29)26-14-46-30-6-2-18(50)10-22(26)30)38(42)40(44)36(39(37)43)34(27-15-47-31-7-3-19(51)11-23(27)31)28-16-48-32-8-4-20(52)12-24(28)32/h1-16,33-34,45-52H. The first-order chi connectivity index (χ1) is 25.1. The second-order valence-electron chi connectivity index (χ2n) is 12.8. The highest BCUT2D eigenvalue weighted by molar-refractivity contribution is 5.92. The largest absolute Gasteiger partial charge is 0.508 e. The van der Waals surface area contributed by atoms with E-state index in [-0.39, 0.29) is 45.3 Å². The minimum Gasteiger partial charge on any atom is -0.508 e. The Kier molecular flexibility index (Phi) is 6.81. The third kappa shape index (κ3) is 4.60. The van der Waals surface area contributed by atoms with Crippen molar-refractivity contribution in [1.82, 2.24) is 19.9 Å². The number of benzene rings is 5. The van der Waals surface area contributed by atoms with E-state index in [9.17, 15) is 20.4 Å². The zero-order chi connectivity index (χ0) is 36.0. The number of aromatic hydroxyl groups is 4. The van der Waals surface area contributed by atoms with Gasteiger partial charge in [-0.15, -0.1) is 0 Å². The molecule has 8 nitrogen and oxygen atoms in total. The van der Waals surface area contributed by atoms with Gasteiger partial charge in [-0.05, 0) is 95.1 Å². The predicted octanol–water partition coefficient (Wildman–Crippen LogP) is 9.35. The first-order valence-electron chi connectivity index (χ1n) is 16.1. The molecule has 0 aliphatic heterocycles. The molecule has 0 spiro atoms. The minimum absolute atomic E-state index is 0.144. The molecule has 5 aromatic carbocycles. The van der Waals surface area contributed by atoms with Crippen LogP contribution in [-0.2, 0) is 0 Å². The summed E-state index contributed by atoms with van der Waals surface area (Å²) >= 11 is 0. The summed E-state index contributed by atoms with van der Waals surface area (Å²) in [7, 11) is 0. The van der Waals surface area contributed by atoms with Crippen LogP contribution in [0.2, 0.25) is 0 Å². The van der Waals surface area contributed by atoms with Gasteiger partial charge in [-0.3, -0.25) is 0 Å². The van der Waals surface area contributed by atoms with Crippen molar-refractivity contribution in [3.8, 4) is 23.0 Å². The molecule has 9 rings (SSSR count). The van der Waals surface area contributed by atoms with E-state index in [0.717, 1.165) is 0 Å². The maximum Gasteiger partial charge on any atom is 0.166 e. The zero-order valence-corrected chi connectivity index (χ0v) is 26.7. The van der Waals surface area contributed by atoms with E-state index >= 15 is 17.6 Å². The van der Waals surface area contributed by atoms with Crippen molar-refractivity contribution in [2.45, 2.75) is 11.8 Å². The van der Waals surface area contributed by atoms with E-state index < -0.39 is 46.2 Å². The molecule has 4 heterocycles. The molecule has 0 saturated heterocycles. The van der Waals surface area contributed by atoms with Crippen molar-refractivity contribution >= 4 is 43.6 Å². The van der Waals surface area contributed by atoms with Crippen LogP contribution in [0.15, 0.2) is 97.6 Å². The van der Waals surface area contributed by atoms with Crippen molar-refractivity contribution in [1.29, 1.82) is 0 Å². The van der Waals surface area contributed by atoms with Gasteiger partial charge in [-0.25, -0.2) is 17.6 Å². The Morgan fingerprint density at radius 2 is 0.596 bits per heavy atom. The fourth-order valence-corrected chi connectivity index (χ4v) is 7.61. The Balaban J connectivity index is 1.35. The van der Waals surface area contributed by atoms with Crippen molar-refractivity contribution in [3.05, 3.63) is 154 Å². The average molecular weight is 703 g/mol. The minimum atomic E-state index is -1.65. The van der Waals surface area contributed by atoms with Crippen LogP contribution in [0.3, 0.4) is 0 Å². The summed E-state index contributed by atoms with van der Waals surface area (Å²) in [6, 6.07) is 17.5. The lowest BCUT2D eigenvalue weighted by Gasteiger charge is -2.24. The van der Waals surface area contributed by atoms with Crippen LogP contribution < -0.4 is 0 Å². The highest BCUT2D eigenvalue weighted by Crippen LogP contribution is 2.48. The van der Waals surface area contributed by atoms with Gasteiger partial charge in [0.25, 0.3) is 0 Å². The molecule has 0 radical (unpaired) electrons. The fourth-order valence-electron chi connectivity index (χ4n) is 7.61. The highest BCUT2D eigenvalue weighted by Gasteiger charge is 2.38. The third-order valence-corrected chi connectivity index (χ3v) is 9.94. The highest BCUT2D eigenvalue weighted by atomic mass is 19.2. The van der Waals surface area contributed by atoms with Gasteiger partial charge in [-0.2, -0.15) is 0 Å². The molecule has 8 N–H and O–H groups in total. The molecular formula is C40H26F4N4O4. The van der Waals surface area contributed by atoms with Crippen LogP contribution in [0.25, 0.3) is 43.6 Å². The average Bonchev–Trinajstić information content (AvgIpc) is 3.93. The summed E-state index contributed by atoms with van der Waals surface area (Å²) in [6.07, 6.45) is 5.83. The van der Waals surface area contributed by atoms with Gasteiger partial charge < -0.3 is 40.4 Å². The van der Waals surface area contributed by atoms with Gasteiger partial charge in [0.1, 0.15) is 23.0 Å². The molecule has 0 atom stereocenters. The second-order valence-corrected chi connectivity index (χ2v) is 12.8. The molecule has 0 bridgehead atoms. The monoisotopic (exact) mass is 702 g/mol. The predicted molar refractivity (Wildman–Crippen MR) is 188 cm³/mol. The van der Waals surface area contributed by atoms with Crippen LogP contribution in [0, 0.1) is 23.3 Å². The molecule has 9 aromatic rings. The number of halogens is 4. The van der Waals surface area contributed by atoms with Gasteiger partial charge in [-0.1, -0.05) is 0 Å². The molecule has 0 unspecified atom stereocenters. The topological polar surface area (TPSA) is 144 Å². The fraction of sp³-hybridized carbons (Fsp3) is 0.0500. The molecule has 4 aromatic heterocycles. The second kappa shape index (κ2) is 11.4. The Bertz CT molecular complexity index is 2500. The molecule has 0 saturated carbocycles. The summed E-state index contributed by atoms with van der Waals surface area (Å²) in [5, 5.41) is 42.9. The van der Waals surface area contributed by atoms with Gasteiger partial charge in [0, 0.05) is 91.4 Å². The van der Waals surface area contributed by atoms with Crippen LogP contribution in [0.5, 0.6) is 23.0 Å². The third-order valence-electron chi connectivity index (χ3n) is 9.94. The van der Waals surface area contributed by atoms with Crippen LogP contribution in [-0.4, -0.2) is 40.4 Å². The molecule has 0 amide bonds. The maximum atomic E-state index is 17.1. The summed E-state index contributed by atoms with van der Waals surface area (Å²) in [6.45, 7) is 0. The van der Waals surface area contributed by atoms with Gasteiger partial charge in [0.15, 0.2) is 23.3 Å². The Morgan fingerprint density at radius 1 is 0.365 bits per heavy atom. The van der Waals surface area contributed by atoms with E-state index in [1.54, 1.807) is 24.3 Å². The van der Waals surface area contributed by atoms with E-state index in [2.05, 4.69) is 19.9 Å². The number of phenolic OH excluding ortho intramolecular Hbond substituents is 4. The smallest absolute Gasteiger partial charge is 0.166 e. The summed E-state index contributed by atoms with van der Waals surface area (Å²) in [5.41, 5.74) is 0.913. The van der Waals surface area contributed by atoms with Crippen LogP contribution in [0.4, 0.5) is 17.6 Å². The van der Waals surface area contributed by atoms with Crippen molar-refractivity contribution in [2.24, 2.45) is 0 Å². The van der Waals surface area contributed by atoms with E-state index in [0.29, 0.717) is 43.6 Å². The number of H-pyrrole nitrogens is 4. The first-order valence-corrected chi connectivity index (χ1v) is 16.1. The lowest BCUT2D eigenvalue weighted by atomic mass is 9.80. The van der Waals surface area contributed by atoms with Crippen LogP contribution >= 0.6 is 0 Å². The normalized spacial score (nSPS) is 12.1. The van der Waals surface area contributed by atoms with Crippen molar-refractivity contribution < 1.29 is 38.0 Å². The molecule has 0 aliphatic rings. The molecule has 52 heavy (non-hydrogen) atoms. The maximum absolute atomic E-state index is 17.1. The number of aromatic amines is 4. The van der Waals surface area contributed by atoms with E-state index in [1.165, 1.54) is 73.3 Å². The summed E-state index contributed by atoms with van der Waals surface area (Å²) in [4.78, 5) is 12.1. The number of nitrogens with one attached hydrogen (secondary N) is 4. The number of phenols is 4.